The first-order valence-electron chi connectivity index (χ1n) is 6.51. The fraction of sp³-hybridized carbons (Fsp3) is 0.385. The number of nitrogens with zero attached hydrogens (tertiary/aromatic N) is 2. The van der Waals surface area contributed by atoms with Crippen molar-refractivity contribution in [3.63, 3.8) is 0 Å². The van der Waals surface area contributed by atoms with E-state index in [0.717, 1.165) is 4.31 Å². The molecular formula is C13H17N3O4S2. The lowest BCUT2D eigenvalue weighted by Gasteiger charge is -2.10. The second kappa shape index (κ2) is 6.67. The molecule has 0 bridgehead atoms. The number of sulfonamides is 1. The highest BCUT2D eigenvalue weighted by atomic mass is 32.2. The molecule has 0 aliphatic rings. The quantitative estimate of drug-likeness (QED) is 0.628. The van der Waals surface area contributed by atoms with E-state index in [1.54, 1.807) is 6.07 Å². The number of oxazole rings is 1. The number of fused-ring (bicyclic) bond motifs is 1. The van der Waals surface area contributed by atoms with Gasteiger partial charge in [0.25, 0.3) is 5.22 Å². The van der Waals surface area contributed by atoms with E-state index in [9.17, 15) is 13.2 Å². The van der Waals surface area contributed by atoms with Crippen molar-refractivity contribution < 1.29 is 17.6 Å². The van der Waals surface area contributed by atoms with Gasteiger partial charge in [-0.3, -0.25) is 4.79 Å². The summed E-state index contributed by atoms with van der Waals surface area (Å²) in [4.78, 5) is 15.2. The summed E-state index contributed by atoms with van der Waals surface area (Å²) in [5.41, 5.74) is 1.02. The molecule has 0 aliphatic heterocycles. The highest BCUT2D eigenvalue weighted by Gasteiger charge is 2.18. The predicted molar refractivity (Wildman–Crippen MR) is 84.3 cm³/mol. The first kappa shape index (κ1) is 16.8. The third-order valence-electron chi connectivity index (χ3n) is 2.82. The Morgan fingerprint density at radius 1 is 1.41 bits per heavy atom. The molecule has 0 spiro atoms. The number of hydrogen-bond acceptors (Lipinski definition) is 6. The molecule has 1 aromatic carbocycles. The zero-order valence-corrected chi connectivity index (χ0v) is 14.1. The van der Waals surface area contributed by atoms with Crippen molar-refractivity contribution >= 4 is 38.8 Å². The zero-order chi connectivity index (χ0) is 16.3. The summed E-state index contributed by atoms with van der Waals surface area (Å²) in [6, 6.07) is 4.58. The second-order valence-electron chi connectivity index (χ2n) is 4.73. The SMILES string of the molecule is CC(=O)NCCSc1nc2cc(S(=O)(=O)N(C)C)ccc2o1. The van der Waals surface area contributed by atoms with E-state index in [4.69, 9.17) is 4.42 Å². The van der Waals surface area contributed by atoms with Gasteiger partial charge in [-0.25, -0.2) is 17.7 Å². The Kier molecular flexibility index (Phi) is 5.09. The van der Waals surface area contributed by atoms with Gasteiger partial charge < -0.3 is 9.73 Å². The predicted octanol–water partition coefficient (Wildman–Crippen LogP) is 1.31. The Hall–Kier alpha value is -1.58. The van der Waals surface area contributed by atoms with Gasteiger partial charge in [-0.2, -0.15) is 0 Å². The Labute approximate surface area is 133 Å². The molecule has 1 amide bonds. The van der Waals surface area contributed by atoms with E-state index in [1.165, 1.54) is 44.9 Å². The maximum atomic E-state index is 12.1. The fourth-order valence-electron chi connectivity index (χ4n) is 1.68. The van der Waals surface area contributed by atoms with Crippen molar-refractivity contribution in [2.45, 2.75) is 17.0 Å². The van der Waals surface area contributed by atoms with Crippen LogP contribution in [-0.2, 0) is 14.8 Å². The van der Waals surface area contributed by atoms with Crippen LogP contribution in [-0.4, -0.2) is 50.0 Å². The largest absolute Gasteiger partial charge is 0.431 e. The number of aromatic nitrogens is 1. The van der Waals surface area contributed by atoms with Crippen LogP contribution in [0.2, 0.25) is 0 Å². The van der Waals surface area contributed by atoms with Crippen LogP contribution in [0.4, 0.5) is 0 Å². The average molecular weight is 343 g/mol. The van der Waals surface area contributed by atoms with E-state index in [0.29, 0.717) is 28.6 Å². The first-order valence-corrected chi connectivity index (χ1v) is 8.93. The molecule has 1 heterocycles. The van der Waals surface area contributed by atoms with Gasteiger partial charge >= 0.3 is 0 Å². The lowest BCUT2D eigenvalue weighted by Crippen LogP contribution is -2.22. The number of rotatable bonds is 6. The monoisotopic (exact) mass is 343 g/mol. The summed E-state index contributed by atoms with van der Waals surface area (Å²) in [6.07, 6.45) is 0. The van der Waals surface area contributed by atoms with Gasteiger partial charge in [-0.05, 0) is 18.2 Å². The van der Waals surface area contributed by atoms with Crippen molar-refractivity contribution in [1.29, 1.82) is 0 Å². The molecule has 2 rings (SSSR count). The number of thioether (sulfide) groups is 1. The van der Waals surface area contributed by atoms with Crippen molar-refractivity contribution in [2.24, 2.45) is 0 Å². The summed E-state index contributed by atoms with van der Waals surface area (Å²) in [6.45, 7) is 1.97. The van der Waals surface area contributed by atoms with Gasteiger partial charge in [0, 0.05) is 33.3 Å². The van der Waals surface area contributed by atoms with Crippen LogP contribution in [0, 0.1) is 0 Å². The molecule has 22 heavy (non-hydrogen) atoms. The Morgan fingerprint density at radius 3 is 2.77 bits per heavy atom. The second-order valence-corrected chi connectivity index (χ2v) is 7.93. The van der Waals surface area contributed by atoms with Crippen LogP contribution in [0.1, 0.15) is 6.92 Å². The third-order valence-corrected chi connectivity index (χ3v) is 5.46. The lowest BCUT2D eigenvalue weighted by atomic mass is 10.3. The molecule has 2 aromatic rings. The maximum absolute atomic E-state index is 12.1. The van der Waals surface area contributed by atoms with Gasteiger partial charge in [0.15, 0.2) is 5.58 Å². The highest BCUT2D eigenvalue weighted by molar-refractivity contribution is 7.99. The van der Waals surface area contributed by atoms with Crippen LogP contribution in [0.3, 0.4) is 0 Å². The van der Waals surface area contributed by atoms with E-state index in [1.807, 2.05) is 0 Å². The molecule has 0 saturated heterocycles. The molecule has 0 saturated carbocycles. The Morgan fingerprint density at radius 2 is 2.14 bits per heavy atom. The minimum atomic E-state index is -3.49. The van der Waals surface area contributed by atoms with Crippen molar-refractivity contribution in [2.75, 3.05) is 26.4 Å². The summed E-state index contributed by atoms with van der Waals surface area (Å²) in [5.74, 6) is 0.534. The molecule has 0 aliphatic carbocycles. The molecular weight excluding hydrogens is 326 g/mol. The Bertz CT molecular complexity index is 784. The van der Waals surface area contributed by atoms with Crippen LogP contribution >= 0.6 is 11.8 Å². The molecule has 1 aromatic heterocycles. The average Bonchev–Trinajstić information content (AvgIpc) is 2.84. The molecule has 0 fully saturated rings. The fourth-order valence-corrected chi connectivity index (χ4v) is 3.30. The zero-order valence-electron chi connectivity index (χ0n) is 12.5. The molecule has 9 heteroatoms. The topological polar surface area (TPSA) is 92.5 Å². The van der Waals surface area contributed by atoms with Crippen molar-refractivity contribution in [1.82, 2.24) is 14.6 Å². The highest BCUT2D eigenvalue weighted by Crippen LogP contribution is 2.25. The third kappa shape index (κ3) is 3.79. The molecule has 120 valence electrons. The van der Waals surface area contributed by atoms with Gasteiger partial charge in [0.1, 0.15) is 5.52 Å². The van der Waals surface area contributed by atoms with E-state index >= 15 is 0 Å². The van der Waals surface area contributed by atoms with E-state index in [2.05, 4.69) is 10.3 Å². The smallest absolute Gasteiger partial charge is 0.256 e. The lowest BCUT2D eigenvalue weighted by molar-refractivity contribution is -0.118. The maximum Gasteiger partial charge on any atom is 0.256 e. The standard InChI is InChI=1S/C13H17N3O4S2/c1-9(17)14-6-7-21-13-15-11-8-10(4-5-12(11)20-13)22(18,19)16(2)3/h4-5,8H,6-7H2,1-3H3,(H,14,17). The van der Waals surface area contributed by atoms with Crippen LogP contribution in [0.5, 0.6) is 0 Å². The number of benzene rings is 1. The summed E-state index contributed by atoms with van der Waals surface area (Å²) in [7, 11) is -0.537. The minimum absolute atomic E-state index is 0.0864. The number of carbonyl (C=O) groups is 1. The van der Waals surface area contributed by atoms with E-state index < -0.39 is 10.0 Å². The number of hydrogen-bond donors (Lipinski definition) is 1. The van der Waals surface area contributed by atoms with Crippen LogP contribution in [0.15, 0.2) is 32.7 Å². The minimum Gasteiger partial charge on any atom is -0.431 e. The van der Waals surface area contributed by atoms with Crippen LogP contribution in [0.25, 0.3) is 11.1 Å². The molecule has 7 nitrogen and oxygen atoms in total. The molecule has 0 unspecified atom stereocenters. The molecule has 0 atom stereocenters. The molecule has 0 radical (unpaired) electrons. The van der Waals surface area contributed by atoms with Crippen molar-refractivity contribution in [3.8, 4) is 0 Å². The number of amides is 1. The van der Waals surface area contributed by atoms with Gasteiger partial charge in [0.2, 0.25) is 15.9 Å². The van der Waals surface area contributed by atoms with E-state index in [-0.39, 0.29) is 10.8 Å². The van der Waals surface area contributed by atoms with Gasteiger partial charge in [-0.1, -0.05) is 11.8 Å². The van der Waals surface area contributed by atoms with Gasteiger partial charge in [-0.15, -0.1) is 0 Å². The number of carbonyl (C=O) groups excluding carboxylic acids is 1. The number of nitrogens with one attached hydrogen (secondary N) is 1. The molecule has 1 N–H and O–H groups in total. The van der Waals surface area contributed by atoms with Crippen molar-refractivity contribution in [3.05, 3.63) is 18.2 Å². The van der Waals surface area contributed by atoms with Crippen LogP contribution < -0.4 is 5.32 Å². The summed E-state index contributed by atoms with van der Waals surface area (Å²) in [5, 5.41) is 3.12. The first-order chi connectivity index (χ1) is 10.3. The Balaban J connectivity index is 2.16. The summed E-state index contributed by atoms with van der Waals surface area (Å²) >= 11 is 1.36. The summed E-state index contributed by atoms with van der Waals surface area (Å²) < 4.78 is 30.8. The normalized spacial score (nSPS) is 12.0. The van der Waals surface area contributed by atoms with Gasteiger partial charge in [0.05, 0.1) is 4.90 Å².